The molecule has 1 atom stereocenters. The summed E-state index contributed by atoms with van der Waals surface area (Å²) in [5.74, 6) is -0.132. The van der Waals surface area contributed by atoms with Crippen LogP contribution in [0.4, 0.5) is 0 Å². The summed E-state index contributed by atoms with van der Waals surface area (Å²) in [5, 5.41) is 0. The van der Waals surface area contributed by atoms with Crippen molar-refractivity contribution < 1.29 is 14.0 Å². The summed E-state index contributed by atoms with van der Waals surface area (Å²) in [6.45, 7) is 6.62. The molecule has 1 aromatic carbocycles. The van der Waals surface area contributed by atoms with Crippen LogP contribution in [0.15, 0.2) is 30.3 Å². The van der Waals surface area contributed by atoms with Gasteiger partial charge in [0.2, 0.25) is 0 Å². The Hall–Kier alpha value is -1.13. The molecular formula is C16H26O3Si. The molecule has 0 amide bonds. The Morgan fingerprint density at radius 1 is 1.15 bits per heavy atom. The summed E-state index contributed by atoms with van der Waals surface area (Å²) in [6, 6.07) is 10.3. The van der Waals surface area contributed by atoms with Crippen LogP contribution < -0.4 is 0 Å². The van der Waals surface area contributed by atoms with Gasteiger partial charge in [-0.1, -0.05) is 30.3 Å². The Kier molecular flexibility index (Phi) is 6.95. The Labute approximate surface area is 123 Å². The van der Waals surface area contributed by atoms with Crippen LogP contribution >= 0.6 is 0 Å². The predicted molar refractivity (Wildman–Crippen MR) is 84.1 cm³/mol. The van der Waals surface area contributed by atoms with Crippen LogP contribution in [0.2, 0.25) is 19.6 Å². The average Bonchev–Trinajstić information content (AvgIpc) is 2.41. The summed E-state index contributed by atoms with van der Waals surface area (Å²) < 4.78 is 10.9. The number of carbonyl (C=O) groups is 1. The fraction of sp³-hybridized carbons (Fsp3) is 0.562. The molecule has 3 nitrogen and oxygen atoms in total. The van der Waals surface area contributed by atoms with Crippen molar-refractivity contribution in [2.75, 3.05) is 7.11 Å². The first kappa shape index (κ1) is 16.9. The van der Waals surface area contributed by atoms with E-state index < -0.39 is 8.32 Å². The SMILES string of the molecule is COC(=O)CCCCC(O[Si](C)(C)C)c1ccccc1. The van der Waals surface area contributed by atoms with E-state index in [1.165, 1.54) is 12.7 Å². The van der Waals surface area contributed by atoms with Gasteiger partial charge in [0.05, 0.1) is 13.2 Å². The van der Waals surface area contributed by atoms with Crippen LogP contribution in [-0.2, 0) is 14.0 Å². The van der Waals surface area contributed by atoms with Crippen LogP contribution in [0, 0.1) is 0 Å². The second-order valence-electron chi connectivity index (χ2n) is 5.95. The van der Waals surface area contributed by atoms with E-state index in [0.717, 1.165) is 19.3 Å². The molecule has 112 valence electrons. The third-order valence-electron chi connectivity index (χ3n) is 2.99. The number of rotatable bonds is 8. The third kappa shape index (κ3) is 6.87. The van der Waals surface area contributed by atoms with Gasteiger partial charge in [-0.05, 0) is 44.5 Å². The van der Waals surface area contributed by atoms with Gasteiger partial charge in [0.1, 0.15) is 0 Å². The number of unbranched alkanes of at least 4 members (excludes halogenated alkanes) is 1. The van der Waals surface area contributed by atoms with Crippen LogP contribution in [0.1, 0.15) is 37.4 Å². The third-order valence-corrected chi connectivity index (χ3v) is 3.98. The summed E-state index contributed by atoms with van der Waals surface area (Å²) in [7, 11) is -0.150. The van der Waals surface area contributed by atoms with E-state index in [-0.39, 0.29) is 12.1 Å². The van der Waals surface area contributed by atoms with E-state index in [4.69, 9.17) is 4.43 Å². The maximum atomic E-state index is 11.1. The van der Waals surface area contributed by atoms with Gasteiger partial charge < -0.3 is 9.16 Å². The summed E-state index contributed by atoms with van der Waals surface area (Å²) in [6.07, 6.45) is 3.40. The van der Waals surface area contributed by atoms with Crippen molar-refractivity contribution in [3.63, 3.8) is 0 Å². The lowest BCUT2D eigenvalue weighted by molar-refractivity contribution is -0.140. The zero-order valence-corrected chi connectivity index (χ0v) is 14.0. The van der Waals surface area contributed by atoms with Crippen LogP contribution in [-0.4, -0.2) is 21.4 Å². The largest absolute Gasteiger partial charge is 0.469 e. The molecule has 0 bridgehead atoms. The van der Waals surface area contributed by atoms with E-state index in [9.17, 15) is 4.79 Å². The van der Waals surface area contributed by atoms with Gasteiger partial charge in [-0.3, -0.25) is 4.79 Å². The smallest absolute Gasteiger partial charge is 0.305 e. The van der Waals surface area contributed by atoms with Gasteiger partial charge in [-0.2, -0.15) is 0 Å². The molecule has 1 rings (SSSR count). The number of esters is 1. The minimum atomic E-state index is -1.58. The lowest BCUT2D eigenvalue weighted by Gasteiger charge is -2.27. The van der Waals surface area contributed by atoms with Crippen LogP contribution in [0.25, 0.3) is 0 Å². The molecular weight excluding hydrogens is 268 g/mol. The maximum absolute atomic E-state index is 11.1. The Bertz CT molecular complexity index is 398. The van der Waals surface area contributed by atoms with Gasteiger partial charge in [0.15, 0.2) is 8.32 Å². The minimum Gasteiger partial charge on any atom is -0.469 e. The highest BCUT2D eigenvalue weighted by atomic mass is 28.4. The molecule has 0 aliphatic rings. The van der Waals surface area contributed by atoms with E-state index in [0.29, 0.717) is 6.42 Å². The van der Waals surface area contributed by atoms with Crippen molar-refractivity contribution in [3.8, 4) is 0 Å². The first-order valence-electron chi connectivity index (χ1n) is 7.22. The Morgan fingerprint density at radius 2 is 1.80 bits per heavy atom. The molecule has 0 aliphatic heterocycles. The second-order valence-corrected chi connectivity index (χ2v) is 10.4. The van der Waals surface area contributed by atoms with Crippen molar-refractivity contribution in [2.24, 2.45) is 0 Å². The lowest BCUT2D eigenvalue weighted by Crippen LogP contribution is -2.28. The highest BCUT2D eigenvalue weighted by Gasteiger charge is 2.22. The van der Waals surface area contributed by atoms with Crippen LogP contribution in [0.3, 0.4) is 0 Å². The number of carbonyl (C=O) groups excluding carboxylic acids is 1. The van der Waals surface area contributed by atoms with Crippen molar-refractivity contribution in [1.82, 2.24) is 0 Å². The zero-order chi connectivity index (χ0) is 15.0. The van der Waals surface area contributed by atoms with Gasteiger partial charge in [0.25, 0.3) is 0 Å². The quantitative estimate of drug-likeness (QED) is 0.407. The van der Waals surface area contributed by atoms with Gasteiger partial charge in [-0.15, -0.1) is 0 Å². The highest BCUT2D eigenvalue weighted by molar-refractivity contribution is 6.69. The Balaban J connectivity index is 2.54. The normalized spacial score (nSPS) is 13.0. The van der Waals surface area contributed by atoms with E-state index in [1.807, 2.05) is 18.2 Å². The second kappa shape index (κ2) is 8.22. The van der Waals surface area contributed by atoms with Crippen molar-refractivity contribution in [3.05, 3.63) is 35.9 Å². The number of hydrogen-bond acceptors (Lipinski definition) is 3. The molecule has 0 heterocycles. The fourth-order valence-corrected chi connectivity index (χ4v) is 3.20. The molecule has 0 spiro atoms. The first-order valence-corrected chi connectivity index (χ1v) is 10.6. The summed E-state index contributed by atoms with van der Waals surface area (Å²) >= 11 is 0. The van der Waals surface area contributed by atoms with Crippen molar-refractivity contribution >= 4 is 14.3 Å². The number of hydrogen-bond donors (Lipinski definition) is 0. The Morgan fingerprint density at radius 3 is 2.35 bits per heavy atom. The van der Waals surface area contributed by atoms with Crippen molar-refractivity contribution in [2.45, 2.75) is 51.4 Å². The number of benzene rings is 1. The van der Waals surface area contributed by atoms with E-state index in [2.05, 4.69) is 36.5 Å². The molecule has 0 aliphatic carbocycles. The molecule has 1 unspecified atom stereocenters. The van der Waals surface area contributed by atoms with Gasteiger partial charge in [0, 0.05) is 6.42 Å². The monoisotopic (exact) mass is 294 g/mol. The van der Waals surface area contributed by atoms with E-state index >= 15 is 0 Å². The molecule has 0 N–H and O–H groups in total. The summed E-state index contributed by atoms with van der Waals surface area (Å²) in [4.78, 5) is 11.1. The molecule has 0 fully saturated rings. The summed E-state index contributed by atoms with van der Waals surface area (Å²) in [5.41, 5.74) is 1.23. The van der Waals surface area contributed by atoms with Gasteiger partial charge >= 0.3 is 5.97 Å². The average molecular weight is 294 g/mol. The van der Waals surface area contributed by atoms with Gasteiger partial charge in [-0.25, -0.2) is 0 Å². The molecule has 4 heteroatoms. The zero-order valence-electron chi connectivity index (χ0n) is 13.0. The lowest BCUT2D eigenvalue weighted by atomic mass is 10.0. The molecule has 1 aromatic rings. The highest BCUT2D eigenvalue weighted by Crippen LogP contribution is 2.27. The molecule has 0 saturated heterocycles. The van der Waals surface area contributed by atoms with Crippen LogP contribution in [0.5, 0.6) is 0 Å². The number of ether oxygens (including phenoxy) is 1. The molecule has 0 radical (unpaired) electrons. The first-order chi connectivity index (χ1) is 9.42. The molecule has 20 heavy (non-hydrogen) atoms. The predicted octanol–water partition coefficient (Wildman–Crippen LogP) is 4.31. The van der Waals surface area contributed by atoms with E-state index in [1.54, 1.807) is 0 Å². The number of methoxy groups -OCH3 is 1. The van der Waals surface area contributed by atoms with Crippen molar-refractivity contribution in [1.29, 1.82) is 0 Å². The topological polar surface area (TPSA) is 35.5 Å². The standard InChI is InChI=1S/C16H26O3Si/c1-18-16(17)13-9-8-12-15(19-20(2,3)4)14-10-6-5-7-11-14/h5-7,10-11,15H,8-9,12-13H2,1-4H3. The molecule has 0 aromatic heterocycles. The molecule has 0 saturated carbocycles. The minimum absolute atomic E-state index is 0.132. The maximum Gasteiger partial charge on any atom is 0.305 e. The fourth-order valence-electron chi connectivity index (χ4n) is 2.09.